The molecule has 1 fully saturated rings. The van der Waals surface area contributed by atoms with Crippen molar-refractivity contribution in [3.63, 3.8) is 0 Å². The van der Waals surface area contributed by atoms with E-state index in [1.165, 1.54) is 0 Å². The van der Waals surface area contributed by atoms with Crippen LogP contribution in [0.5, 0.6) is 0 Å². The van der Waals surface area contributed by atoms with Crippen LogP contribution in [-0.4, -0.2) is 56.7 Å². The molecule has 1 amide bonds. The van der Waals surface area contributed by atoms with Crippen molar-refractivity contribution in [2.75, 3.05) is 26.2 Å². The first-order chi connectivity index (χ1) is 13.4. The zero-order chi connectivity index (χ0) is 20.3. The molecule has 0 radical (unpaired) electrons. The number of hydrogen-bond acceptors (Lipinski definition) is 5. The molecular formula is C21H33ClN6O. The highest BCUT2D eigenvalue weighted by Crippen LogP contribution is 2.21. The lowest BCUT2D eigenvalue weighted by Gasteiger charge is -2.32. The zero-order valence-corrected chi connectivity index (χ0v) is 19.0. The number of nitrogens with one attached hydrogen (secondary N) is 1. The van der Waals surface area contributed by atoms with Crippen LogP contribution in [0.1, 0.15) is 48.1 Å². The maximum atomic E-state index is 12.9. The van der Waals surface area contributed by atoms with Gasteiger partial charge in [0, 0.05) is 35.7 Å². The average molecular weight is 421 g/mol. The van der Waals surface area contributed by atoms with E-state index in [0.29, 0.717) is 18.3 Å². The molecular weight excluding hydrogens is 388 g/mol. The fourth-order valence-corrected chi connectivity index (χ4v) is 3.93. The molecule has 0 spiro atoms. The fourth-order valence-electron chi connectivity index (χ4n) is 3.93. The number of amides is 1. The maximum absolute atomic E-state index is 12.9. The van der Waals surface area contributed by atoms with Gasteiger partial charge in [0.05, 0.1) is 12.1 Å². The number of piperidine rings is 1. The molecule has 2 aromatic heterocycles. The molecule has 3 heterocycles. The van der Waals surface area contributed by atoms with Crippen molar-refractivity contribution in [1.29, 1.82) is 0 Å². The molecule has 160 valence electrons. The Kier molecular flexibility index (Phi) is 8.16. The number of likely N-dealkylation sites (tertiary alicyclic amines) is 1. The lowest BCUT2D eigenvalue weighted by Crippen LogP contribution is -2.41. The molecule has 0 bridgehead atoms. The highest BCUT2D eigenvalue weighted by atomic mass is 35.5. The van der Waals surface area contributed by atoms with E-state index in [1.54, 1.807) is 4.68 Å². The maximum Gasteiger partial charge on any atom is 0.251 e. The van der Waals surface area contributed by atoms with E-state index in [0.717, 1.165) is 67.4 Å². The molecule has 1 N–H and O–H groups in total. The SMILES string of the molecule is CCNCC1CCN(C(=O)Cc2c(C)nn(-c3nc(C)cc(C)n3)c2C)CC1.Cl. The minimum atomic E-state index is 0. The van der Waals surface area contributed by atoms with Crippen LogP contribution in [0, 0.1) is 33.6 Å². The van der Waals surface area contributed by atoms with Crippen molar-refractivity contribution >= 4 is 18.3 Å². The van der Waals surface area contributed by atoms with Crippen LogP contribution in [0.25, 0.3) is 5.95 Å². The van der Waals surface area contributed by atoms with Gasteiger partial charge in [-0.05, 0) is 65.6 Å². The Labute approximate surface area is 179 Å². The lowest BCUT2D eigenvalue weighted by molar-refractivity contribution is -0.131. The van der Waals surface area contributed by atoms with Crippen LogP contribution in [-0.2, 0) is 11.2 Å². The van der Waals surface area contributed by atoms with Gasteiger partial charge in [-0.2, -0.15) is 5.10 Å². The number of nitrogens with zero attached hydrogens (tertiary/aromatic N) is 5. The van der Waals surface area contributed by atoms with E-state index >= 15 is 0 Å². The molecule has 0 unspecified atom stereocenters. The first kappa shape index (κ1) is 23.3. The van der Waals surface area contributed by atoms with Crippen LogP contribution in [0.2, 0.25) is 0 Å². The van der Waals surface area contributed by atoms with Gasteiger partial charge in [0.25, 0.3) is 5.95 Å². The topological polar surface area (TPSA) is 75.9 Å². The monoisotopic (exact) mass is 420 g/mol. The molecule has 1 aliphatic rings. The summed E-state index contributed by atoms with van der Waals surface area (Å²) in [5.41, 5.74) is 4.62. The third-order valence-corrected chi connectivity index (χ3v) is 5.58. The number of hydrogen-bond donors (Lipinski definition) is 1. The van der Waals surface area contributed by atoms with Gasteiger partial charge in [-0.25, -0.2) is 14.6 Å². The first-order valence-corrected chi connectivity index (χ1v) is 10.2. The van der Waals surface area contributed by atoms with Gasteiger partial charge in [-0.3, -0.25) is 4.79 Å². The first-order valence-electron chi connectivity index (χ1n) is 10.2. The Hall–Kier alpha value is -1.99. The van der Waals surface area contributed by atoms with Crippen LogP contribution >= 0.6 is 12.4 Å². The number of rotatable bonds is 6. The second kappa shape index (κ2) is 10.2. The summed E-state index contributed by atoms with van der Waals surface area (Å²) in [7, 11) is 0. The smallest absolute Gasteiger partial charge is 0.251 e. The van der Waals surface area contributed by atoms with Crippen molar-refractivity contribution in [3.05, 3.63) is 34.4 Å². The minimum absolute atomic E-state index is 0. The fraction of sp³-hybridized carbons (Fsp3) is 0.619. The molecule has 0 aromatic carbocycles. The summed E-state index contributed by atoms with van der Waals surface area (Å²) >= 11 is 0. The molecule has 8 heteroatoms. The number of aromatic nitrogens is 4. The predicted octanol–water partition coefficient (Wildman–Crippen LogP) is 2.71. The quantitative estimate of drug-likeness (QED) is 0.777. The van der Waals surface area contributed by atoms with Gasteiger partial charge >= 0.3 is 0 Å². The number of halogens is 1. The van der Waals surface area contributed by atoms with Crippen molar-refractivity contribution in [1.82, 2.24) is 30.0 Å². The Morgan fingerprint density at radius 2 is 1.76 bits per heavy atom. The Bertz CT molecular complexity index is 822. The highest BCUT2D eigenvalue weighted by Gasteiger charge is 2.25. The van der Waals surface area contributed by atoms with Gasteiger partial charge in [0.2, 0.25) is 5.91 Å². The van der Waals surface area contributed by atoms with E-state index in [2.05, 4.69) is 27.3 Å². The van der Waals surface area contributed by atoms with Gasteiger partial charge in [-0.15, -0.1) is 12.4 Å². The summed E-state index contributed by atoms with van der Waals surface area (Å²) in [5, 5.41) is 8.04. The average Bonchev–Trinajstić information content (AvgIpc) is 2.94. The van der Waals surface area contributed by atoms with Crippen LogP contribution < -0.4 is 5.32 Å². The third kappa shape index (κ3) is 5.54. The van der Waals surface area contributed by atoms with Crippen molar-refractivity contribution in [2.24, 2.45) is 5.92 Å². The second-order valence-electron chi connectivity index (χ2n) is 7.82. The lowest BCUT2D eigenvalue weighted by atomic mass is 9.96. The van der Waals surface area contributed by atoms with Gasteiger partial charge in [-0.1, -0.05) is 6.92 Å². The van der Waals surface area contributed by atoms with Gasteiger partial charge < -0.3 is 10.2 Å². The summed E-state index contributed by atoms with van der Waals surface area (Å²) in [6.45, 7) is 13.7. The Morgan fingerprint density at radius 1 is 1.14 bits per heavy atom. The Morgan fingerprint density at radius 3 is 2.34 bits per heavy atom. The summed E-state index contributed by atoms with van der Waals surface area (Å²) < 4.78 is 1.76. The molecule has 29 heavy (non-hydrogen) atoms. The van der Waals surface area contributed by atoms with Crippen molar-refractivity contribution < 1.29 is 4.79 Å². The normalized spacial score (nSPS) is 14.7. The predicted molar refractivity (Wildman–Crippen MR) is 117 cm³/mol. The molecule has 1 aliphatic heterocycles. The molecule has 2 aromatic rings. The molecule has 3 rings (SSSR count). The molecule has 0 aliphatic carbocycles. The number of carbonyl (C=O) groups is 1. The van der Waals surface area contributed by atoms with E-state index < -0.39 is 0 Å². The summed E-state index contributed by atoms with van der Waals surface area (Å²) in [5.74, 6) is 1.44. The van der Waals surface area contributed by atoms with Gasteiger partial charge in [0.15, 0.2) is 0 Å². The van der Waals surface area contributed by atoms with Crippen LogP contribution in [0.15, 0.2) is 6.07 Å². The standard InChI is InChI=1S/C21H32N6O.ClH/c1-6-22-13-18-7-9-26(10-8-18)20(28)12-19-16(4)25-27(17(19)5)21-23-14(2)11-15(3)24-21;/h11,18,22H,6-10,12-13H2,1-5H3;1H. The van der Waals surface area contributed by atoms with E-state index in [-0.39, 0.29) is 18.3 Å². The van der Waals surface area contributed by atoms with Gasteiger partial charge in [0.1, 0.15) is 0 Å². The summed E-state index contributed by atoms with van der Waals surface area (Å²) in [6, 6.07) is 1.94. The van der Waals surface area contributed by atoms with E-state index in [1.807, 2.05) is 38.7 Å². The zero-order valence-electron chi connectivity index (χ0n) is 18.2. The number of aryl methyl sites for hydroxylation is 3. The summed E-state index contributed by atoms with van der Waals surface area (Å²) in [6.07, 6.45) is 2.54. The van der Waals surface area contributed by atoms with E-state index in [4.69, 9.17) is 0 Å². The van der Waals surface area contributed by atoms with E-state index in [9.17, 15) is 4.79 Å². The van der Waals surface area contributed by atoms with Crippen molar-refractivity contribution in [2.45, 2.75) is 53.9 Å². The second-order valence-corrected chi connectivity index (χ2v) is 7.82. The highest BCUT2D eigenvalue weighted by molar-refractivity contribution is 5.85. The van der Waals surface area contributed by atoms with Crippen LogP contribution in [0.3, 0.4) is 0 Å². The van der Waals surface area contributed by atoms with Crippen molar-refractivity contribution in [3.8, 4) is 5.95 Å². The molecule has 0 atom stereocenters. The third-order valence-electron chi connectivity index (χ3n) is 5.58. The minimum Gasteiger partial charge on any atom is -0.342 e. The number of carbonyl (C=O) groups excluding carboxylic acids is 1. The molecule has 1 saturated heterocycles. The van der Waals surface area contributed by atoms with Crippen LogP contribution in [0.4, 0.5) is 0 Å². The summed E-state index contributed by atoms with van der Waals surface area (Å²) in [4.78, 5) is 23.9. The molecule has 7 nitrogen and oxygen atoms in total. The largest absolute Gasteiger partial charge is 0.342 e. The molecule has 0 saturated carbocycles. The Balaban J connectivity index is 0.00000300.